The van der Waals surface area contributed by atoms with Crippen LogP contribution in [0.5, 0.6) is 0 Å². The number of rotatable bonds is 5. The molecule has 0 aromatic carbocycles. The van der Waals surface area contributed by atoms with Crippen LogP contribution in [0.4, 0.5) is 0 Å². The van der Waals surface area contributed by atoms with Gasteiger partial charge in [0, 0.05) is 26.1 Å². The van der Waals surface area contributed by atoms with Gasteiger partial charge in [0.05, 0.1) is 6.26 Å². The van der Waals surface area contributed by atoms with Crippen molar-refractivity contribution in [1.82, 2.24) is 10.6 Å². The van der Waals surface area contributed by atoms with E-state index in [1.807, 2.05) is 0 Å². The molecule has 0 aliphatic heterocycles. The van der Waals surface area contributed by atoms with Crippen molar-refractivity contribution < 1.29 is 14.0 Å². The number of hydrogen-bond acceptors (Lipinski definition) is 4. The molecule has 6 nitrogen and oxygen atoms in total. The Morgan fingerprint density at radius 2 is 1.94 bits per heavy atom. The summed E-state index contributed by atoms with van der Waals surface area (Å²) in [6, 6.07) is 3.58. The van der Waals surface area contributed by atoms with E-state index in [9.17, 15) is 9.59 Å². The third-order valence-corrected chi connectivity index (χ3v) is 1.87. The number of carbonyl (C=O) groups is 2. The van der Waals surface area contributed by atoms with Crippen molar-refractivity contribution >= 4 is 11.8 Å². The molecule has 0 spiro atoms. The van der Waals surface area contributed by atoms with Gasteiger partial charge in [-0.25, -0.2) is 0 Å². The van der Waals surface area contributed by atoms with Gasteiger partial charge in [0.1, 0.15) is 5.76 Å². The smallest absolute Gasteiger partial charge is 0.309 e. The second-order valence-corrected chi connectivity index (χ2v) is 3.13. The molecule has 1 heterocycles. The summed E-state index contributed by atoms with van der Waals surface area (Å²) in [4.78, 5) is 22.3. The van der Waals surface area contributed by atoms with Crippen molar-refractivity contribution in [1.29, 1.82) is 0 Å². The van der Waals surface area contributed by atoms with Crippen LogP contribution in [-0.2, 0) is 16.0 Å². The predicted octanol–water partition coefficient (Wildman–Crippen LogP) is -0.987. The first-order valence-corrected chi connectivity index (χ1v) is 5.02. The van der Waals surface area contributed by atoms with Crippen molar-refractivity contribution in [3.63, 3.8) is 0 Å². The lowest BCUT2D eigenvalue weighted by Gasteiger charge is -2.04. The lowest BCUT2D eigenvalue weighted by atomic mass is 10.3. The van der Waals surface area contributed by atoms with Gasteiger partial charge < -0.3 is 20.8 Å². The summed E-state index contributed by atoms with van der Waals surface area (Å²) < 4.78 is 5.07. The highest BCUT2D eigenvalue weighted by atomic mass is 16.3. The van der Waals surface area contributed by atoms with Gasteiger partial charge in [-0.05, 0) is 12.1 Å². The van der Waals surface area contributed by atoms with Crippen molar-refractivity contribution in [2.24, 2.45) is 5.73 Å². The van der Waals surface area contributed by atoms with Crippen molar-refractivity contribution in [3.05, 3.63) is 24.2 Å². The van der Waals surface area contributed by atoms with Crippen molar-refractivity contribution in [2.75, 3.05) is 19.6 Å². The van der Waals surface area contributed by atoms with E-state index in [-0.39, 0.29) is 0 Å². The molecule has 0 unspecified atom stereocenters. The van der Waals surface area contributed by atoms with E-state index in [0.29, 0.717) is 26.1 Å². The summed E-state index contributed by atoms with van der Waals surface area (Å²) in [7, 11) is 0. The average Bonchev–Trinajstić information content (AvgIpc) is 2.78. The van der Waals surface area contributed by atoms with E-state index in [1.54, 1.807) is 18.4 Å². The zero-order chi connectivity index (χ0) is 11.8. The Morgan fingerprint density at radius 1 is 1.25 bits per heavy atom. The Hall–Kier alpha value is -1.82. The zero-order valence-electron chi connectivity index (χ0n) is 8.86. The molecule has 0 atom stereocenters. The largest absolute Gasteiger partial charge is 0.469 e. The molecule has 2 amide bonds. The van der Waals surface area contributed by atoms with Crippen LogP contribution in [0.15, 0.2) is 22.8 Å². The first-order chi connectivity index (χ1) is 7.74. The molecule has 0 saturated heterocycles. The van der Waals surface area contributed by atoms with E-state index in [4.69, 9.17) is 10.2 Å². The van der Waals surface area contributed by atoms with Crippen LogP contribution in [0, 0.1) is 0 Å². The monoisotopic (exact) mass is 225 g/mol. The van der Waals surface area contributed by atoms with Gasteiger partial charge in [0.25, 0.3) is 0 Å². The summed E-state index contributed by atoms with van der Waals surface area (Å²) in [5, 5.41) is 4.85. The number of amides is 2. The van der Waals surface area contributed by atoms with Gasteiger partial charge in [0.15, 0.2) is 0 Å². The third-order valence-electron chi connectivity index (χ3n) is 1.87. The Kier molecular flexibility index (Phi) is 5.07. The Bertz CT molecular complexity index is 335. The quantitative estimate of drug-likeness (QED) is 0.561. The molecule has 0 saturated carbocycles. The van der Waals surface area contributed by atoms with E-state index in [2.05, 4.69) is 10.6 Å². The number of nitrogens with one attached hydrogen (secondary N) is 2. The fraction of sp³-hybridized carbons (Fsp3) is 0.400. The molecule has 0 bridgehead atoms. The maximum atomic E-state index is 11.2. The van der Waals surface area contributed by atoms with Gasteiger partial charge in [-0.3, -0.25) is 9.59 Å². The number of furan rings is 1. The van der Waals surface area contributed by atoms with Crippen LogP contribution in [-0.4, -0.2) is 31.4 Å². The molecule has 16 heavy (non-hydrogen) atoms. The fourth-order valence-electron chi connectivity index (χ4n) is 1.10. The van der Waals surface area contributed by atoms with Crippen molar-refractivity contribution in [3.8, 4) is 0 Å². The number of hydrogen-bond donors (Lipinski definition) is 3. The SMILES string of the molecule is NCCNC(=O)C(=O)NCCc1ccco1. The molecular weight excluding hydrogens is 210 g/mol. The third kappa shape index (κ3) is 4.14. The first-order valence-electron chi connectivity index (χ1n) is 5.02. The minimum absolute atomic E-state index is 0.296. The minimum atomic E-state index is -0.662. The fourth-order valence-corrected chi connectivity index (χ4v) is 1.10. The Labute approximate surface area is 93.2 Å². The highest BCUT2D eigenvalue weighted by molar-refractivity contribution is 6.35. The highest BCUT2D eigenvalue weighted by Crippen LogP contribution is 1.99. The summed E-state index contributed by atoms with van der Waals surface area (Å²) in [6.07, 6.45) is 2.12. The summed E-state index contributed by atoms with van der Waals surface area (Å²) >= 11 is 0. The van der Waals surface area contributed by atoms with Gasteiger partial charge in [-0.2, -0.15) is 0 Å². The molecular formula is C10H15N3O3. The standard InChI is InChI=1S/C10H15N3O3/c11-4-6-13-10(15)9(14)12-5-3-8-2-1-7-16-8/h1-2,7H,3-6,11H2,(H,12,14)(H,13,15). The second kappa shape index (κ2) is 6.62. The summed E-state index contributed by atoms with van der Waals surface area (Å²) in [5.74, 6) is -0.549. The van der Waals surface area contributed by atoms with Gasteiger partial charge in [-0.1, -0.05) is 0 Å². The zero-order valence-corrected chi connectivity index (χ0v) is 8.86. The van der Waals surface area contributed by atoms with Crippen LogP contribution in [0.1, 0.15) is 5.76 Å². The molecule has 1 aromatic rings. The lowest BCUT2D eigenvalue weighted by molar-refractivity contribution is -0.139. The Balaban J connectivity index is 2.17. The maximum Gasteiger partial charge on any atom is 0.309 e. The van der Waals surface area contributed by atoms with E-state index in [1.165, 1.54) is 0 Å². The molecule has 1 rings (SSSR count). The first kappa shape index (κ1) is 12.3. The van der Waals surface area contributed by atoms with Gasteiger partial charge >= 0.3 is 11.8 Å². The van der Waals surface area contributed by atoms with Crippen LogP contribution < -0.4 is 16.4 Å². The normalized spacial score (nSPS) is 9.81. The Morgan fingerprint density at radius 3 is 2.50 bits per heavy atom. The molecule has 0 fully saturated rings. The topological polar surface area (TPSA) is 97.4 Å². The number of carbonyl (C=O) groups excluding carboxylic acids is 2. The second-order valence-electron chi connectivity index (χ2n) is 3.13. The minimum Gasteiger partial charge on any atom is -0.469 e. The molecule has 6 heteroatoms. The van der Waals surface area contributed by atoms with E-state index >= 15 is 0 Å². The highest BCUT2D eigenvalue weighted by Gasteiger charge is 2.11. The van der Waals surface area contributed by atoms with Crippen LogP contribution in [0.2, 0.25) is 0 Å². The predicted molar refractivity (Wildman–Crippen MR) is 57.5 cm³/mol. The molecule has 0 radical (unpaired) electrons. The summed E-state index contributed by atoms with van der Waals surface area (Å²) in [6.45, 7) is 0.970. The molecule has 1 aromatic heterocycles. The van der Waals surface area contributed by atoms with Crippen LogP contribution in [0.25, 0.3) is 0 Å². The summed E-state index contributed by atoms with van der Waals surface area (Å²) in [5.41, 5.74) is 5.18. The van der Waals surface area contributed by atoms with Crippen LogP contribution >= 0.6 is 0 Å². The van der Waals surface area contributed by atoms with Crippen LogP contribution in [0.3, 0.4) is 0 Å². The van der Waals surface area contributed by atoms with E-state index < -0.39 is 11.8 Å². The molecule has 4 N–H and O–H groups in total. The molecule has 0 aliphatic carbocycles. The van der Waals surface area contributed by atoms with E-state index in [0.717, 1.165) is 5.76 Å². The maximum absolute atomic E-state index is 11.2. The number of nitrogens with two attached hydrogens (primary N) is 1. The lowest BCUT2D eigenvalue weighted by Crippen LogP contribution is -2.42. The van der Waals surface area contributed by atoms with Gasteiger partial charge in [0.2, 0.25) is 0 Å². The average molecular weight is 225 g/mol. The van der Waals surface area contributed by atoms with Gasteiger partial charge in [-0.15, -0.1) is 0 Å². The molecule has 88 valence electrons. The molecule has 0 aliphatic rings. The van der Waals surface area contributed by atoms with Crippen molar-refractivity contribution in [2.45, 2.75) is 6.42 Å².